The highest BCUT2D eigenvalue weighted by Crippen LogP contribution is 2.54. The average molecular weight is 936 g/mol. The lowest BCUT2D eigenvalue weighted by Gasteiger charge is -2.42. The van der Waals surface area contributed by atoms with Crippen LogP contribution >= 0.6 is 0 Å². The molecule has 4 heteroatoms. The number of anilines is 3. The highest BCUT2D eigenvalue weighted by Gasteiger charge is 2.48. The number of rotatable bonds is 2. The van der Waals surface area contributed by atoms with E-state index in [4.69, 9.17) is 0 Å². The van der Waals surface area contributed by atoms with Crippen LogP contribution in [0.5, 0.6) is 0 Å². The third-order valence-corrected chi connectivity index (χ3v) is 17.7. The molecule has 73 heavy (non-hydrogen) atoms. The smallest absolute Gasteiger partial charge is 0.253 e. The van der Waals surface area contributed by atoms with Gasteiger partial charge in [0.2, 0.25) is 0 Å². The van der Waals surface area contributed by atoms with Crippen LogP contribution < -0.4 is 21.3 Å². The van der Waals surface area contributed by atoms with Gasteiger partial charge < -0.3 is 14.0 Å². The molecule has 0 unspecified atom stereocenters. The molecule has 4 aliphatic rings. The second kappa shape index (κ2) is 13.7. The summed E-state index contributed by atoms with van der Waals surface area (Å²) in [6, 6.07) is 70.7. The number of benzene rings is 10. The Hall–Kier alpha value is -8.08. The minimum Gasteiger partial charge on any atom is -0.311 e. The summed E-state index contributed by atoms with van der Waals surface area (Å²) < 4.78 is 5.28. The first-order chi connectivity index (χ1) is 35.3. The molecule has 3 nitrogen and oxygen atoms in total. The predicted octanol–water partition coefficient (Wildman–Crippen LogP) is 16.2. The van der Waals surface area contributed by atoms with Crippen LogP contribution in [0.4, 0.5) is 17.1 Å². The molecule has 0 N–H and O–H groups in total. The van der Waals surface area contributed by atoms with Gasteiger partial charge in [-0.2, -0.15) is 0 Å². The molecule has 2 aliphatic carbocycles. The molecular weight excluding hydrogens is 882 g/mol. The van der Waals surface area contributed by atoms with Crippen molar-refractivity contribution in [1.82, 2.24) is 9.13 Å². The van der Waals surface area contributed by atoms with Crippen molar-refractivity contribution in [1.29, 1.82) is 0 Å². The molecule has 2 aromatic heterocycles. The minimum absolute atomic E-state index is 0.0155. The summed E-state index contributed by atoms with van der Waals surface area (Å²) in [7, 11) is 0. The Balaban J connectivity index is 1.11. The van der Waals surface area contributed by atoms with Crippen molar-refractivity contribution in [3.63, 3.8) is 0 Å². The molecule has 10 aromatic carbocycles. The standard InChI is InChI=1S/C69H54BN3/c1-67(2,3)40-28-31-42(32-29-40)71-55-34-30-41(68(4,5)6)35-53(55)70-64-58(71)36-43(72-56-26-16-23-48-45-19-10-9-18-44(45)47-22-15-17-39-27-33-57(72)63(60(39)47)62(48)56)37-59(64)73-54-25-14-12-20-46(54)50-38-52-61(65(70)66(50)73)49-21-11-13-24-51(49)69(52,7)8/h9-38H,1-8H3. The van der Waals surface area contributed by atoms with E-state index in [1.54, 1.807) is 0 Å². The maximum absolute atomic E-state index is 2.68. The Kier molecular flexibility index (Phi) is 7.79. The monoisotopic (exact) mass is 935 g/mol. The topological polar surface area (TPSA) is 13.1 Å². The zero-order chi connectivity index (χ0) is 49.2. The van der Waals surface area contributed by atoms with Gasteiger partial charge in [-0.3, -0.25) is 0 Å². The van der Waals surface area contributed by atoms with E-state index in [-0.39, 0.29) is 23.0 Å². The molecule has 2 aliphatic heterocycles. The van der Waals surface area contributed by atoms with Crippen molar-refractivity contribution in [2.24, 2.45) is 0 Å². The second-order valence-electron chi connectivity index (χ2n) is 24.1. The van der Waals surface area contributed by atoms with E-state index in [1.165, 1.54) is 149 Å². The lowest BCUT2D eigenvalue weighted by Crippen LogP contribution is -2.61. The van der Waals surface area contributed by atoms with Crippen LogP contribution in [-0.2, 0) is 16.2 Å². The Labute approximate surface area is 427 Å². The summed E-state index contributed by atoms with van der Waals surface area (Å²) >= 11 is 0. The normalized spacial score (nSPS) is 14.6. The number of fused-ring (bicyclic) bond motifs is 14. The largest absolute Gasteiger partial charge is 0.311 e. The van der Waals surface area contributed by atoms with Crippen molar-refractivity contribution in [3.8, 4) is 44.8 Å². The number of para-hydroxylation sites is 1. The van der Waals surface area contributed by atoms with Gasteiger partial charge in [0.05, 0.1) is 22.2 Å². The van der Waals surface area contributed by atoms with E-state index < -0.39 is 0 Å². The summed E-state index contributed by atoms with van der Waals surface area (Å²) in [6.45, 7) is 18.9. The molecule has 0 saturated heterocycles. The number of hydrogen-bond donors (Lipinski definition) is 0. The van der Waals surface area contributed by atoms with Crippen LogP contribution in [0.2, 0.25) is 0 Å². The molecule has 0 saturated carbocycles. The van der Waals surface area contributed by atoms with E-state index in [9.17, 15) is 0 Å². The van der Waals surface area contributed by atoms with Crippen LogP contribution in [0.15, 0.2) is 182 Å². The first-order valence-corrected chi connectivity index (χ1v) is 26.3. The van der Waals surface area contributed by atoms with Crippen molar-refractivity contribution in [2.45, 2.75) is 71.6 Å². The molecule has 0 radical (unpaired) electrons. The van der Waals surface area contributed by atoms with Crippen molar-refractivity contribution < 1.29 is 0 Å². The number of aromatic nitrogens is 2. The van der Waals surface area contributed by atoms with E-state index in [2.05, 4.69) is 251 Å². The van der Waals surface area contributed by atoms with Gasteiger partial charge >= 0.3 is 0 Å². The third kappa shape index (κ3) is 5.21. The third-order valence-electron chi connectivity index (χ3n) is 17.7. The molecule has 4 heterocycles. The lowest BCUT2D eigenvalue weighted by atomic mass is 9.32. The summed E-state index contributed by atoms with van der Waals surface area (Å²) in [5.41, 5.74) is 28.4. The molecule has 0 amide bonds. The molecule has 0 bridgehead atoms. The van der Waals surface area contributed by atoms with Crippen molar-refractivity contribution in [3.05, 3.63) is 204 Å². The van der Waals surface area contributed by atoms with Crippen LogP contribution in [0, 0.1) is 0 Å². The zero-order valence-electron chi connectivity index (χ0n) is 42.7. The first kappa shape index (κ1) is 41.5. The van der Waals surface area contributed by atoms with Crippen molar-refractivity contribution in [2.75, 3.05) is 4.90 Å². The van der Waals surface area contributed by atoms with E-state index in [1.807, 2.05) is 0 Å². The second-order valence-corrected chi connectivity index (χ2v) is 24.1. The average Bonchev–Trinajstić information content (AvgIpc) is 3.96. The van der Waals surface area contributed by atoms with Gasteiger partial charge in [-0.25, -0.2) is 0 Å². The van der Waals surface area contributed by atoms with Crippen LogP contribution in [-0.4, -0.2) is 15.8 Å². The minimum atomic E-state index is -0.180. The van der Waals surface area contributed by atoms with Gasteiger partial charge in [-0.15, -0.1) is 0 Å². The maximum Gasteiger partial charge on any atom is 0.253 e. The fourth-order valence-corrected chi connectivity index (χ4v) is 14.3. The summed E-state index contributed by atoms with van der Waals surface area (Å²) in [4.78, 5) is 2.62. The summed E-state index contributed by atoms with van der Waals surface area (Å²) in [6.07, 6.45) is 0. The van der Waals surface area contributed by atoms with E-state index in [0.29, 0.717) is 0 Å². The lowest BCUT2D eigenvalue weighted by molar-refractivity contribution is 0.590. The Bertz CT molecular complexity index is 4490. The Morgan fingerprint density at radius 1 is 0.411 bits per heavy atom. The molecule has 12 aromatic rings. The highest BCUT2D eigenvalue weighted by molar-refractivity contribution is 7.01. The van der Waals surface area contributed by atoms with Gasteiger partial charge in [0.1, 0.15) is 0 Å². The quantitative estimate of drug-likeness (QED) is 0.157. The molecular formula is C69H54BN3. The first-order valence-electron chi connectivity index (χ1n) is 26.3. The Morgan fingerprint density at radius 2 is 1.04 bits per heavy atom. The van der Waals surface area contributed by atoms with Crippen LogP contribution in [0.25, 0.3) is 99.1 Å². The van der Waals surface area contributed by atoms with Gasteiger partial charge in [-0.1, -0.05) is 183 Å². The maximum atomic E-state index is 2.68. The molecule has 16 rings (SSSR count). The summed E-state index contributed by atoms with van der Waals surface area (Å²) in [5.74, 6) is 0. The van der Waals surface area contributed by atoms with Gasteiger partial charge in [0.15, 0.2) is 0 Å². The molecule has 0 spiro atoms. The molecule has 0 fully saturated rings. The van der Waals surface area contributed by atoms with Gasteiger partial charge in [-0.05, 0) is 148 Å². The van der Waals surface area contributed by atoms with Crippen LogP contribution in [0.3, 0.4) is 0 Å². The SMILES string of the molecule is CC(C)(C)c1ccc(N2c3ccc(C(C)(C)C)cc3B3c4c2cc(-n2c5cccc6c5c5c7c(cccc7ccc52)-c2ccccc2-6)cc4-n2c4ccccc4c4cc5c(c3c42)-c2ccccc2C5(C)C)cc1. The van der Waals surface area contributed by atoms with Gasteiger partial charge in [0, 0.05) is 55.2 Å². The molecule has 348 valence electrons. The predicted molar refractivity (Wildman–Crippen MR) is 311 cm³/mol. The van der Waals surface area contributed by atoms with Crippen molar-refractivity contribution >= 4 is 94.5 Å². The highest BCUT2D eigenvalue weighted by atomic mass is 15.2. The number of hydrogen-bond acceptors (Lipinski definition) is 1. The molecule has 0 atom stereocenters. The van der Waals surface area contributed by atoms with Crippen LogP contribution in [0.1, 0.15) is 77.6 Å². The number of nitrogens with zero attached hydrogens (tertiary/aromatic N) is 3. The van der Waals surface area contributed by atoms with Gasteiger partial charge in [0.25, 0.3) is 6.71 Å². The van der Waals surface area contributed by atoms with E-state index >= 15 is 0 Å². The Morgan fingerprint density at radius 3 is 1.81 bits per heavy atom. The zero-order valence-corrected chi connectivity index (χ0v) is 42.7. The fourth-order valence-electron chi connectivity index (χ4n) is 14.3. The fraction of sp³-hybridized carbons (Fsp3) is 0.159. The summed E-state index contributed by atoms with van der Waals surface area (Å²) in [5, 5.41) is 7.86. The van der Waals surface area contributed by atoms with E-state index in [0.717, 1.165) is 5.69 Å².